The number of fused-ring (bicyclic) bond motifs is 1. The number of benzene rings is 1. The number of rotatable bonds is 11. The van der Waals surface area contributed by atoms with Gasteiger partial charge in [-0.25, -0.2) is 9.78 Å². The number of amides is 1. The second-order valence-corrected chi connectivity index (χ2v) is 10.2. The van der Waals surface area contributed by atoms with E-state index in [2.05, 4.69) is 23.5 Å². The molecule has 3 rings (SSSR count). The Labute approximate surface area is 236 Å². The number of pyridine rings is 1. The second-order valence-electron chi connectivity index (χ2n) is 10.2. The number of esters is 1. The van der Waals surface area contributed by atoms with Gasteiger partial charge in [0.15, 0.2) is 0 Å². The molecule has 1 saturated heterocycles. The first kappa shape index (κ1) is 32.3. The molecule has 0 spiro atoms. The molecule has 0 aliphatic carbocycles. The number of carbonyl (C=O) groups is 3. The highest BCUT2D eigenvalue weighted by molar-refractivity contribution is 5.88. The Kier molecular flexibility index (Phi) is 12.6. The normalized spacial score (nSPS) is 16.3. The number of allylic oxidation sites excluding steroid dienone is 1. The SMILES string of the molecule is C=CCCCOC(=O)N(CC(=O)OCC)C(C)(C)C.C=Cc1ccc2ccnc(O[C@H]3CN[C@H](C(=O)O)C3)c2c1. The van der Waals surface area contributed by atoms with Gasteiger partial charge in [-0.1, -0.05) is 30.9 Å². The van der Waals surface area contributed by atoms with Gasteiger partial charge in [0.1, 0.15) is 18.7 Å². The third-order valence-electron chi connectivity index (χ3n) is 6.06. The van der Waals surface area contributed by atoms with Crippen LogP contribution in [0.2, 0.25) is 0 Å². The van der Waals surface area contributed by atoms with Crippen molar-refractivity contribution in [3.8, 4) is 5.88 Å². The van der Waals surface area contributed by atoms with Crippen LogP contribution in [0.5, 0.6) is 5.88 Å². The lowest BCUT2D eigenvalue weighted by molar-refractivity contribution is -0.145. The van der Waals surface area contributed by atoms with E-state index in [4.69, 9.17) is 19.3 Å². The fraction of sp³-hybridized carbons (Fsp3) is 0.467. The minimum absolute atomic E-state index is 0.0996. The number of nitrogens with one attached hydrogen (secondary N) is 1. The van der Waals surface area contributed by atoms with Crippen molar-refractivity contribution in [3.63, 3.8) is 0 Å². The predicted molar refractivity (Wildman–Crippen MR) is 154 cm³/mol. The minimum Gasteiger partial charge on any atom is -0.480 e. The van der Waals surface area contributed by atoms with E-state index >= 15 is 0 Å². The van der Waals surface area contributed by atoms with E-state index in [9.17, 15) is 14.4 Å². The number of unbranched alkanes of at least 4 members (excludes halogenated alkanes) is 1. The van der Waals surface area contributed by atoms with Crippen molar-refractivity contribution < 1.29 is 33.7 Å². The molecule has 0 radical (unpaired) electrons. The van der Waals surface area contributed by atoms with E-state index < -0.39 is 29.6 Å². The zero-order valence-corrected chi connectivity index (χ0v) is 23.9. The number of aliphatic carboxylic acids is 1. The van der Waals surface area contributed by atoms with Crippen LogP contribution < -0.4 is 10.1 Å². The van der Waals surface area contributed by atoms with Crippen molar-refractivity contribution in [3.05, 3.63) is 55.3 Å². The van der Waals surface area contributed by atoms with Crippen molar-refractivity contribution in [2.24, 2.45) is 0 Å². The number of carboxylic acids is 1. The van der Waals surface area contributed by atoms with E-state index in [-0.39, 0.29) is 12.6 Å². The molecule has 1 aliphatic heterocycles. The Morgan fingerprint density at radius 3 is 2.55 bits per heavy atom. The van der Waals surface area contributed by atoms with Gasteiger partial charge in [-0.3, -0.25) is 14.5 Å². The maximum atomic E-state index is 12.0. The number of nitrogens with zero attached hydrogens (tertiary/aromatic N) is 2. The summed E-state index contributed by atoms with van der Waals surface area (Å²) in [5, 5.41) is 13.9. The van der Waals surface area contributed by atoms with Crippen LogP contribution in [0.15, 0.2) is 49.7 Å². The lowest BCUT2D eigenvalue weighted by atomic mass is 10.1. The smallest absolute Gasteiger partial charge is 0.410 e. The highest BCUT2D eigenvalue weighted by Crippen LogP contribution is 2.27. The minimum atomic E-state index is -0.846. The zero-order valence-electron chi connectivity index (χ0n) is 23.9. The molecule has 2 atom stereocenters. The van der Waals surface area contributed by atoms with Gasteiger partial charge in [0.05, 0.1) is 13.2 Å². The summed E-state index contributed by atoms with van der Waals surface area (Å²) < 4.78 is 15.9. The van der Waals surface area contributed by atoms with Gasteiger partial charge in [-0.05, 0) is 63.6 Å². The molecular weight excluding hydrogens is 514 g/mol. The number of aromatic nitrogens is 1. The van der Waals surface area contributed by atoms with Gasteiger partial charge in [-0.15, -0.1) is 6.58 Å². The third kappa shape index (κ3) is 10.00. The first-order chi connectivity index (χ1) is 19.0. The van der Waals surface area contributed by atoms with Gasteiger partial charge in [0, 0.05) is 30.1 Å². The first-order valence-corrected chi connectivity index (χ1v) is 13.3. The van der Waals surface area contributed by atoms with E-state index in [1.54, 1.807) is 25.3 Å². The second kappa shape index (κ2) is 15.6. The fourth-order valence-corrected chi connectivity index (χ4v) is 3.90. The summed E-state index contributed by atoms with van der Waals surface area (Å²) in [6, 6.07) is 7.32. The Balaban J connectivity index is 0.000000283. The quantitative estimate of drug-likeness (QED) is 0.228. The summed E-state index contributed by atoms with van der Waals surface area (Å²) in [5.74, 6) is -0.740. The molecular formula is C30H41N3O7. The first-order valence-electron chi connectivity index (χ1n) is 13.3. The number of ether oxygens (including phenoxy) is 3. The van der Waals surface area contributed by atoms with Crippen molar-refractivity contribution in [2.75, 3.05) is 26.3 Å². The topological polar surface area (TPSA) is 127 Å². The summed E-state index contributed by atoms with van der Waals surface area (Å²) in [4.78, 5) is 40.1. The van der Waals surface area contributed by atoms with Crippen LogP contribution >= 0.6 is 0 Å². The standard InChI is InChI=1S/C16H16N2O3.C14H25NO4/c1-2-10-3-4-11-5-6-17-15(13(11)7-10)21-12-8-14(16(19)20)18-9-12;1-6-8-9-10-19-13(17)15(14(3,4)5)11-12(16)18-7-2/h2-7,12,14,18H,1,8-9H2,(H,19,20);6H,1,7-11H2,2-5H3/t12-,14+;/m1./s1. The van der Waals surface area contributed by atoms with E-state index in [1.807, 2.05) is 45.0 Å². The monoisotopic (exact) mass is 555 g/mol. The van der Waals surface area contributed by atoms with Crippen molar-refractivity contribution >= 4 is 34.9 Å². The molecule has 40 heavy (non-hydrogen) atoms. The molecule has 0 bridgehead atoms. The highest BCUT2D eigenvalue weighted by Gasteiger charge is 2.31. The number of carbonyl (C=O) groups excluding carboxylic acids is 2. The molecule has 0 unspecified atom stereocenters. The number of hydrogen-bond donors (Lipinski definition) is 2. The van der Waals surface area contributed by atoms with E-state index in [0.717, 1.165) is 29.2 Å². The summed E-state index contributed by atoms with van der Waals surface area (Å²) >= 11 is 0. The Morgan fingerprint density at radius 2 is 1.95 bits per heavy atom. The van der Waals surface area contributed by atoms with Gasteiger partial charge in [-0.2, -0.15) is 0 Å². The average Bonchev–Trinajstić information content (AvgIpc) is 3.38. The molecule has 1 fully saturated rings. The molecule has 1 amide bonds. The van der Waals surface area contributed by atoms with Gasteiger partial charge >= 0.3 is 18.0 Å². The zero-order chi connectivity index (χ0) is 29.7. The summed E-state index contributed by atoms with van der Waals surface area (Å²) in [6.07, 6.45) is 6.52. The average molecular weight is 556 g/mol. The van der Waals surface area contributed by atoms with Crippen molar-refractivity contribution in [2.45, 2.75) is 64.6 Å². The van der Waals surface area contributed by atoms with Crippen LogP contribution in [0.3, 0.4) is 0 Å². The third-order valence-corrected chi connectivity index (χ3v) is 6.06. The highest BCUT2D eigenvalue weighted by atomic mass is 16.6. The van der Waals surface area contributed by atoms with Crippen LogP contribution in [0.1, 0.15) is 52.5 Å². The molecule has 1 aromatic carbocycles. The molecule has 0 saturated carbocycles. The van der Waals surface area contributed by atoms with E-state index in [0.29, 0.717) is 32.1 Å². The maximum absolute atomic E-state index is 12.0. The van der Waals surface area contributed by atoms with E-state index in [1.165, 1.54) is 4.90 Å². The molecule has 2 N–H and O–H groups in total. The molecule has 10 nitrogen and oxygen atoms in total. The molecule has 218 valence electrons. The lowest BCUT2D eigenvalue weighted by Crippen LogP contribution is -2.48. The molecule has 1 aromatic heterocycles. The molecule has 10 heteroatoms. The van der Waals surface area contributed by atoms with Crippen LogP contribution in [-0.2, 0) is 19.1 Å². The summed E-state index contributed by atoms with van der Waals surface area (Å²) in [7, 11) is 0. The Hall–Kier alpha value is -3.92. The maximum Gasteiger partial charge on any atom is 0.410 e. The summed E-state index contributed by atoms with van der Waals surface area (Å²) in [6.45, 7) is 15.7. The molecule has 2 aromatic rings. The van der Waals surface area contributed by atoms with Gasteiger partial charge < -0.3 is 24.6 Å². The van der Waals surface area contributed by atoms with Crippen molar-refractivity contribution in [1.29, 1.82) is 0 Å². The largest absolute Gasteiger partial charge is 0.480 e. The van der Waals surface area contributed by atoms with Gasteiger partial charge in [0.2, 0.25) is 5.88 Å². The van der Waals surface area contributed by atoms with Crippen LogP contribution in [0, 0.1) is 0 Å². The lowest BCUT2D eigenvalue weighted by Gasteiger charge is -2.33. The van der Waals surface area contributed by atoms with Crippen LogP contribution in [0.4, 0.5) is 4.79 Å². The van der Waals surface area contributed by atoms with Crippen LogP contribution in [0.25, 0.3) is 16.8 Å². The Bertz CT molecular complexity index is 1180. The predicted octanol–water partition coefficient (Wildman–Crippen LogP) is 4.82. The fourth-order valence-electron chi connectivity index (χ4n) is 3.90. The molecule has 1 aliphatic rings. The molecule has 2 heterocycles. The van der Waals surface area contributed by atoms with Crippen molar-refractivity contribution in [1.82, 2.24) is 15.2 Å². The number of hydrogen-bond acceptors (Lipinski definition) is 8. The van der Waals surface area contributed by atoms with Crippen LogP contribution in [-0.4, -0.2) is 77.0 Å². The van der Waals surface area contributed by atoms with Gasteiger partial charge in [0.25, 0.3) is 0 Å². The summed E-state index contributed by atoms with van der Waals surface area (Å²) in [5.41, 5.74) is 0.496. The number of carboxylic acid groups (broad SMARTS) is 1. The Morgan fingerprint density at radius 1 is 1.20 bits per heavy atom.